The molecule has 0 fully saturated rings. The number of nitrogen functional groups attached to an aromatic ring is 1. The van der Waals surface area contributed by atoms with Crippen molar-refractivity contribution in [2.45, 2.75) is 19.9 Å². The highest BCUT2D eigenvalue weighted by Gasteiger charge is 2.21. The van der Waals surface area contributed by atoms with Crippen LogP contribution in [0, 0.1) is 6.92 Å². The molecule has 5 rings (SSSR count). The molecular weight excluding hydrogens is 424 g/mol. The summed E-state index contributed by atoms with van der Waals surface area (Å²) >= 11 is 0. The first-order chi connectivity index (χ1) is 15.9. The highest BCUT2D eigenvalue weighted by Crippen LogP contribution is 2.31. The molecule has 5 aromatic rings. The van der Waals surface area contributed by atoms with Gasteiger partial charge < -0.3 is 20.6 Å². The molecule has 0 unspecified atom stereocenters. The number of aromatic nitrogens is 8. The molecule has 12 heteroatoms. The highest BCUT2D eigenvalue weighted by molar-refractivity contribution is 5.93. The Morgan fingerprint density at radius 3 is 2.82 bits per heavy atom. The quantitative estimate of drug-likeness (QED) is 0.366. The number of rotatable bonds is 5. The molecular formula is C21H20N10O2. The van der Waals surface area contributed by atoms with Gasteiger partial charge in [0, 0.05) is 18.8 Å². The number of hydrogen-bond donors (Lipinski definition) is 3. The van der Waals surface area contributed by atoms with E-state index >= 15 is 0 Å². The van der Waals surface area contributed by atoms with E-state index in [9.17, 15) is 4.79 Å². The Hall–Kier alpha value is -4.61. The monoisotopic (exact) mass is 444 g/mol. The van der Waals surface area contributed by atoms with Crippen molar-refractivity contribution in [3.8, 4) is 22.6 Å². The van der Waals surface area contributed by atoms with Crippen molar-refractivity contribution in [3.63, 3.8) is 0 Å². The molecule has 0 radical (unpaired) electrons. The molecule has 0 aliphatic rings. The molecule has 166 valence electrons. The Morgan fingerprint density at radius 1 is 1.24 bits per heavy atom. The van der Waals surface area contributed by atoms with Crippen molar-refractivity contribution >= 4 is 22.5 Å². The van der Waals surface area contributed by atoms with Crippen LogP contribution in [0.15, 0.2) is 46.2 Å². The number of nitrogens with zero attached hydrogens (tertiary/aromatic N) is 7. The van der Waals surface area contributed by atoms with E-state index in [0.717, 1.165) is 11.1 Å². The van der Waals surface area contributed by atoms with Crippen LogP contribution in [0.1, 0.15) is 24.6 Å². The van der Waals surface area contributed by atoms with Crippen molar-refractivity contribution in [1.29, 1.82) is 0 Å². The molecule has 0 saturated carbocycles. The van der Waals surface area contributed by atoms with Crippen LogP contribution >= 0.6 is 0 Å². The van der Waals surface area contributed by atoms with E-state index in [0.29, 0.717) is 33.9 Å². The topological polar surface area (TPSA) is 166 Å². The summed E-state index contributed by atoms with van der Waals surface area (Å²) in [7, 11) is 1.83. The molecule has 0 spiro atoms. The fourth-order valence-corrected chi connectivity index (χ4v) is 3.61. The number of aromatic amines is 1. The summed E-state index contributed by atoms with van der Waals surface area (Å²) in [5.41, 5.74) is 8.35. The van der Waals surface area contributed by atoms with Gasteiger partial charge in [0.2, 0.25) is 0 Å². The third kappa shape index (κ3) is 3.67. The van der Waals surface area contributed by atoms with Crippen LogP contribution in [-0.4, -0.2) is 39.9 Å². The van der Waals surface area contributed by atoms with Gasteiger partial charge >= 0.3 is 0 Å². The SMILES string of the molecule is Cc1noc(-c2c(N)ncnc2N[C@@H](C)c2nc3cccc(-c4cnn(C)c4)c3c(=O)[nH]2)n1. The lowest BCUT2D eigenvalue weighted by Gasteiger charge is -2.16. The van der Waals surface area contributed by atoms with E-state index in [1.807, 2.05) is 32.3 Å². The van der Waals surface area contributed by atoms with E-state index < -0.39 is 6.04 Å². The molecule has 4 N–H and O–H groups in total. The van der Waals surface area contributed by atoms with Gasteiger partial charge in [-0.05, 0) is 25.5 Å². The number of anilines is 2. The lowest BCUT2D eigenvalue weighted by molar-refractivity contribution is 0.425. The Labute approximate surface area is 186 Å². The predicted octanol–water partition coefficient (Wildman–Crippen LogP) is 2.23. The Balaban J connectivity index is 1.54. The van der Waals surface area contributed by atoms with Crippen LogP contribution in [0.3, 0.4) is 0 Å². The molecule has 0 saturated heterocycles. The first-order valence-corrected chi connectivity index (χ1v) is 10.1. The van der Waals surface area contributed by atoms with Gasteiger partial charge in [0.05, 0.1) is 23.1 Å². The standard InChI is InChI=1S/C21H20N10O2/c1-10(26-19-16(17(22)23-9-24-19)21-27-11(2)30-33-21)18-28-14-6-4-5-13(15(14)20(32)29-18)12-7-25-31(3)8-12/h4-10H,1-3H3,(H,28,29,32)(H3,22,23,24,26)/t10-/m0/s1. The number of hydrogen-bond acceptors (Lipinski definition) is 10. The second-order valence-electron chi connectivity index (χ2n) is 7.55. The summed E-state index contributed by atoms with van der Waals surface area (Å²) in [5, 5.41) is 11.7. The molecule has 1 atom stereocenters. The normalized spacial score (nSPS) is 12.2. The average Bonchev–Trinajstić information content (AvgIpc) is 3.41. The minimum atomic E-state index is -0.429. The van der Waals surface area contributed by atoms with Gasteiger partial charge in [-0.2, -0.15) is 10.1 Å². The second-order valence-corrected chi connectivity index (χ2v) is 7.55. The number of fused-ring (bicyclic) bond motifs is 1. The zero-order valence-electron chi connectivity index (χ0n) is 18.1. The Bertz CT molecular complexity index is 1530. The third-order valence-corrected chi connectivity index (χ3v) is 5.15. The van der Waals surface area contributed by atoms with Gasteiger partial charge in [-0.25, -0.2) is 15.0 Å². The van der Waals surface area contributed by atoms with E-state index in [1.165, 1.54) is 6.33 Å². The number of aryl methyl sites for hydroxylation is 2. The molecule has 4 aromatic heterocycles. The molecule has 0 aliphatic heterocycles. The first-order valence-electron chi connectivity index (χ1n) is 10.1. The summed E-state index contributed by atoms with van der Waals surface area (Å²) in [5.74, 6) is 1.65. The summed E-state index contributed by atoms with van der Waals surface area (Å²) in [6, 6.07) is 5.11. The maximum absolute atomic E-state index is 13.1. The van der Waals surface area contributed by atoms with Gasteiger partial charge in [0.1, 0.15) is 29.4 Å². The molecule has 0 bridgehead atoms. The van der Waals surface area contributed by atoms with Crippen molar-refractivity contribution < 1.29 is 4.52 Å². The van der Waals surface area contributed by atoms with Crippen LogP contribution in [-0.2, 0) is 7.05 Å². The molecule has 0 aliphatic carbocycles. The molecule has 12 nitrogen and oxygen atoms in total. The fourth-order valence-electron chi connectivity index (χ4n) is 3.61. The zero-order valence-corrected chi connectivity index (χ0v) is 18.1. The van der Waals surface area contributed by atoms with Gasteiger partial charge in [-0.1, -0.05) is 17.3 Å². The summed E-state index contributed by atoms with van der Waals surface area (Å²) in [4.78, 5) is 33.2. The van der Waals surface area contributed by atoms with E-state index in [4.69, 9.17) is 10.3 Å². The maximum Gasteiger partial charge on any atom is 0.265 e. The maximum atomic E-state index is 13.1. The summed E-state index contributed by atoms with van der Waals surface area (Å²) in [6.45, 7) is 3.54. The van der Waals surface area contributed by atoms with Gasteiger partial charge in [-0.3, -0.25) is 9.48 Å². The van der Waals surface area contributed by atoms with Gasteiger partial charge in [0.15, 0.2) is 5.82 Å². The van der Waals surface area contributed by atoms with E-state index in [1.54, 1.807) is 23.9 Å². The van der Waals surface area contributed by atoms with Crippen molar-refractivity contribution in [3.05, 3.63) is 58.9 Å². The van der Waals surface area contributed by atoms with E-state index in [2.05, 4.69) is 40.5 Å². The summed E-state index contributed by atoms with van der Waals surface area (Å²) < 4.78 is 6.94. The van der Waals surface area contributed by atoms with Crippen LogP contribution < -0.4 is 16.6 Å². The lowest BCUT2D eigenvalue weighted by Crippen LogP contribution is -2.19. The van der Waals surface area contributed by atoms with Crippen LogP contribution in [0.25, 0.3) is 33.5 Å². The van der Waals surface area contributed by atoms with Gasteiger partial charge in [0.25, 0.3) is 11.4 Å². The van der Waals surface area contributed by atoms with Gasteiger partial charge in [-0.15, -0.1) is 0 Å². The Kier molecular flexibility index (Phi) is 4.81. The summed E-state index contributed by atoms with van der Waals surface area (Å²) in [6.07, 6.45) is 4.90. The smallest absolute Gasteiger partial charge is 0.265 e. The number of H-pyrrole nitrogens is 1. The minimum Gasteiger partial charge on any atom is -0.383 e. The average molecular weight is 444 g/mol. The van der Waals surface area contributed by atoms with Crippen molar-refractivity contribution in [2.24, 2.45) is 7.05 Å². The number of nitrogens with two attached hydrogens (primary N) is 1. The zero-order chi connectivity index (χ0) is 23.1. The lowest BCUT2D eigenvalue weighted by atomic mass is 10.0. The number of benzene rings is 1. The second kappa shape index (κ2) is 7.82. The highest BCUT2D eigenvalue weighted by atomic mass is 16.5. The van der Waals surface area contributed by atoms with Crippen LogP contribution in [0.5, 0.6) is 0 Å². The van der Waals surface area contributed by atoms with Crippen molar-refractivity contribution in [2.75, 3.05) is 11.1 Å². The molecule has 33 heavy (non-hydrogen) atoms. The largest absolute Gasteiger partial charge is 0.383 e. The molecule has 1 aromatic carbocycles. The van der Waals surface area contributed by atoms with Crippen molar-refractivity contribution in [1.82, 2.24) is 39.9 Å². The predicted molar refractivity (Wildman–Crippen MR) is 121 cm³/mol. The molecule has 4 heterocycles. The van der Waals surface area contributed by atoms with Crippen LogP contribution in [0.2, 0.25) is 0 Å². The molecule has 0 amide bonds. The minimum absolute atomic E-state index is 0.185. The first kappa shape index (κ1) is 20.3. The fraction of sp³-hybridized carbons (Fsp3) is 0.190. The Morgan fingerprint density at radius 2 is 2.09 bits per heavy atom. The third-order valence-electron chi connectivity index (χ3n) is 5.15. The van der Waals surface area contributed by atoms with Crippen LogP contribution in [0.4, 0.5) is 11.6 Å². The van der Waals surface area contributed by atoms with E-state index in [-0.39, 0.29) is 17.3 Å². The number of nitrogens with one attached hydrogen (secondary N) is 2.